The molecule has 0 bridgehead atoms. The van der Waals surface area contributed by atoms with E-state index in [0.717, 1.165) is 16.0 Å². The topological polar surface area (TPSA) is 73.5 Å². The van der Waals surface area contributed by atoms with E-state index in [0.29, 0.717) is 35.8 Å². The Bertz CT molecular complexity index is 1310. The van der Waals surface area contributed by atoms with Crippen molar-refractivity contribution >= 4 is 52.3 Å². The number of nitrogens with zero attached hydrogens (tertiary/aromatic N) is 4. The lowest BCUT2D eigenvalue weighted by atomic mass is 10.1. The number of halogens is 2. The van der Waals surface area contributed by atoms with Gasteiger partial charge in [-0.25, -0.2) is 14.4 Å². The van der Waals surface area contributed by atoms with E-state index in [9.17, 15) is 9.18 Å². The van der Waals surface area contributed by atoms with Crippen molar-refractivity contribution in [2.45, 2.75) is 39.3 Å². The molecular weight excluding hydrogens is 493 g/mol. The van der Waals surface area contributed by atoms with Crippen LogP contribution in [0.15, 0.2) is 41.4 Å². The lowest BCUT2D eigenvalue weighted by molar-refractivity contribution is 0.0897. The van der Waals surface area contributed by atoms with E-state index >= 15 is 0 Å². The van der Waals surface area contributed by atoms with Crippen LogP contribution in [0, 0.1) is 12.7 Å². The largest absolute Gasteiger partial charge is 0.361 e. The molecule has 0 aliphatic rings. The number of benzene rings is 1. The Hall–Kier alpha value is -2.56. The monoisotopic (exact) mass is 517 g/mol. The van der Waals surface area contributed by atoms with Crippen molar-refractivity contribution < 1.29 is 13.9 Å². The molecule has 0 unspecified atom stereocenters. The van der Waals surface area contributed by atoms with Crippen molar-refractivity contribution in [2.24, 2.45) is 0 Å². The number of hydrogen-bond acceptors (Lipinski definition) is 4. The Kier molecular flexibility index (Phi) is 6.19. The number of anilines is 1. The smallest absolute Gasteiger partial charge is 0.257 e. The minimum Gasteiger partial charge on any atom is -0.361 e. The standard InChI is InChI=1S/C22H25BrFN5O2Si/c1-14-10-28-11-15(9-18(24)21(28)26-14)27-22(30)16-5-6-17(23)20-19(16)25-12-29(20)13-31-7-8-32(2,3)4/h5-6,9-12H,7-8,13H2,1-4H3,(H,27,30). The van der Waals surface area contributed by atoms with Gasteiger partial charge in [-0.3, -0.25) is 4.79 Å². The number of carbonyl (C=O) groups is 1. The van der Waals surface area contributed by atoms with Gasteiger partial charge in [-0.15, -0.1) is 0 Å². The Morgan fingerprint density at radius 3 is 2.81 bits per heavy atom. The molecule has 168 valence electrons. The van der Waals surface area contributed by atoms with Crippen LogP contribution in [0.3, 0.4) is 0 Å². The lowest BCUT2D eigenvalue weighted by Gasteiger charge is -2.15. The summed E-state index contributed by atoms with van der Waals surface area (Å²) in [5.74, 6) is -0.875. The molecule has 0 saturated carbocycles. The number of rotatable bonds is 7. The van der Waals surface area contributed by atoms with Crippen molar-refractivity contribution in [3.8, 4) is 0 Å². The average molecular weight is 518 g/mol. The van der Waals surface area contributed by atoms with Gasteiger partial charge in [0.05, 0.1) is 28.8 Å². The average Bonchev–Trinajstić information content (AvgIpc) is 3.29. The van der Waals surface area contributed by atoms with Gasteiger partial charge in [-0.2, -0.15) is 0 Å². The summed E-state index contributed by atoms with van der Waals surface area (Å²) in [4.78, 5) is 21.6. The summed E-state index contributed by atoms with van der Waals surface area (Å²) in [5.41, 5.74) is 2.97. The summed E-state index contributed by atoms with van der Waals surface area (Å²) in [6, 6.07) is 5.84. The molecule has 10 heteroatoms. The second kappa shape index (κ2) is 8.76. The third kappa shape index (κ3) is 4.77. The van der Waals surface area contributed by atoms with Crippen LogP contribution in [0.1, 0.15) is 16.1 Å². The number of ether oxygens (including phenoxy) is 1. The summed E-state index contributed by atoms with van der Waals surface area (Å²) >= 11 is 3.56. The molecule has 7 nitrogen and oxygen atoms in total. The zero-order chi connectivity index (χ0) is 23.0. The zero-order valence-corrected chi connectivity index (χ0v) is 21.0. The highest BCUT2D eigenvalue weighted by Crippen LogP contribution is 2.27. The number of amides is 1. The van der Waals surface area contributed by atoms with E-state index in [2.05, 4.69) is 50.9 Å². The van der Waals surface area contributed by atoms with Crippen molar-refractivity contribution in [3.05, 3.63) is 58.5 Å². The molecule has 0 saturated heterocycles. The molecule has 0 aliphatic carbocycles. The number of carbonyl (C=O) groups excluding carboxylic acids is 1. The molecule has 4 rings (SSSR count). The Morgan fingerprint density at radius 1 is 1.28 bits per heavy atom. The lowest BCUT2D eigenvalue weighted by Crippen LogP contribution is -2.22. The van der Waals surface area contributed by atoms with Crippen LogP contribution in [0.5, 0.6) is 0 Å². The van der Waals surface area contributed by atoms with Crippen molar-refractivity contribution in [2.75, 3.05) is 11.9 Å². The van der Waals surface area contributed by atoms with Crippen molar-refractivity contribution in [1.82, 2.24) is 18.9 Å². The normalized spacial score (nSPS) is 12.1. The molecule has 1 aromatic carbocycles. The van der Waals surface area contributed by atoms with Gasteiger partial charge in [0.25, 0.3) is 5.91 Å². The van der Waals surface area contributed by atoms with Crippen LogP contribution in [-0.2, 0) is 11.5 Å². The number of pyridine rings is 1. The van der Waals surface area contributed by atoms with Gasteiger partial charge in [0.2, 0.25) is 0 Å². The summed E-state index contributed by atoms with van der Waals surface area (Å²) in [6.45, 7) is 9.75. The molecule has 0 fully saturated rings. The van der Waals surface area contributed by atoms with Crippen LogP contribution in [0.2, 0.25) is 25.7 Å². The highest BCUT2D eigenvalue weighted by molar-refractivity contribution is 9.10. The van der Waals surface area contributed by atoms with Gasteiger partial charge >= 0.3 is 0 Å². The van der Waals surface area contributed by atoms with Gasteiger partial charge in [0, 0.05) is 37.6 Å². The quantitative estimate of drug-likeness (QED) is 0.261. The van der Waals surface area contributed by atoms with Crippen LogP contribution in [0.4, 0.5) is 10.1 Å². The van der Waals surface area contributed by atoms with Gasteiger partial charge in [-0.05, 0) is 41.0 Å². The first-order valence-corrected chi connectivity index (χ1v) is 14.8. The number of aryl methyl sites for hydroxylation is 1. The Balaban J connectivity index is 1.57. The van der Waals surface area contributed by atoms with Gasteiger partial charge < -0.3 is 19.0 Å². The summed E-state index contributed by atoms with van der Waals surface area (Å²) < 4.78 is 24.5. The van der Waals surface area contributed by atoms with Gasteiger partial charge in [0.15, 0.2) is 11.5 Å². The molecule has 4 aromatic rings. The van der Waals surface area contributed by atoms with E-state index < -0.39 is 13.9 Å². The highest BCUT2D eigenvalue weighted by Gasteiger charge is 2.18. The molecule has 0 radical (unpaired) electrons. The second-order valence-corrected chi connectivity index (χ2v) is 15.5. The molecule has 0 aliphatic heterocycles. The van der Waals surface area contributed by atoms with Crippen LogP contribution < -0.4 is 5.32 Å². The molecular formula is C22H25BrFN5O2Si. The summed E-state index contributed by atoms with van der Waals surface area (Å²) in [7, 11) is -1.17. The van der Waals surface area contributed by atoms with Crippen LogP contribution >= 0.6 is 15.9 Å². The van der Waals surface area contributed by atoms with E-state index in [4.69, 9.17) is 4.74 Å². The number of aromatic nitrogens is 4. The molecule has 0 spiro atoms. The number of nitrogens with one attached hydrogen (secondary N) is 1. The number of hydrogen-bond donors (Lipinski definition) is 1. The number of imidazole rings is 2. The van der Waals surface area contributed by atoms with Crippen LogP contribution in [-0.4, -0.2) is 39.5 Å². The molecule has 3 aromatic heterocycles. The third-order valence-electron chi connectivity index (χ3n) is 5.07. The molecule has 1 N–H and O–H groups in total. The maximum absolute atomic E-state index is 14.4. The van der Waals surface area contributed by atoms with Crippen molar-refractivity contribution in [1.29, 1.82) is 0 Å². The molecule has 32 heavy (non-hydrogen) atoms. The maximum Gasteiger partial charge on any atom is 0.257 e. The molecule has 1 amide bonds. The zero-order valence-electron chi connectivity index (χ0n) is 18.4. The van der Waals surface area contributed by atoms with E-state index in [1.165, 1.54) is 6.07 Å². The molecule has 0 atom stereocenters. The molecule has 3 heterocycles. The fourth-order valence-electron chi connectivity index (χ4n) is 3.41. The SMILES string of the molecule is Cc1cn2cc(NC(=O)c3ccc(Br)c4c3ncn4COCC[Si](C)(C)C)cc(F)c2n1. The maximum atomic E-state index is 14.4. The predicted octanol–water partition coefficient (Wildman–Crippen LogP) is 5.46. The number of fused-ring (bicyclic) bond motifs is 2. The van der Waals surface area contributed by atoms with Crippen LogP contribution in [0.25, 0.3) is 16.7 Å². The van der Waals surface area contributed by atoms with Gasteiger partial charge in [0.1, 0.15) is 12.2 Å². The minimum atomic E-state index is -1.17. The van der Waals surface area contributed by atoms with E-state index in [-0.39, 0.29) is 11.6 Å². The van der Waals surface area contributed by atoms with E-state index in [1.54, 1.807) is 42.2 Å². The summed E-state index contributed by atoms with van der Waals surface area (Å²) in [6.07, 6.45) is 5.01. The fourth-order valence-corrected chi connectivity index (χ4v) is 4.72. The second-order valence-electron chi connectivity index (χ2n) is 9.00. The minimum absolute atomic E-state index is 0.222. The van der Waals surface area contributed by atoms with Gasteiger partial charge in [-0.1, -0.05) is 19.6 Å². The first-order chi connectivity index (χ1) is 15.1. The Morgan fingerprint density at radius 2 is 2.06 bits per heavy atom. The fraction of sp³-hybridized carbons (Fsp3) is 0.318. The predicted molar refractivity (Wildman–Crippen MR) is 129 cm³/mol. The first-order valence-electron chi connectivity index (χ1n) is 10.3. The van der Waals surface area contributed by atoms with Crippen molar-refractivity contribution in [3.63, 3.8) is 0 Å². The highest BCUT2D eigenvalue weighted by atomic mass is 79.9. The van der Waals surface area contributed by atoms with E-state index in [1.807, 2.05) is 4.57 Å². The first kappa shape index (κ1) is 22.6. The third-order valence-corrected chi connectivity index (χ3v) is 7.42. The Labute approximate surface area is 194 Å². The summed E-state index contributed by atoms with van der Waals surface area (Å²) in [5, 5.41) is 2.77.